The van der Waals surface area contributed by atoms with E-state index >= 15 is 0 Å². The largest absolute Gasteiger partial charge is 0.481 e. The van der Waals surface area contributed by atoms with Gasteiger partial charge in [0.1, 0.15) is 0 Å². The van der Waals surface area contributed by atoms with Crippen LogP contribution < -0.4 is 0 Å². The van der Waals surface area contributed by atoms with Gasteiger partial charge in [0, 0.05) is 6.42 Å². The fourth-order valence-corrected chi connectivity index (χ4v) is 0.504. The predicted molar refractivity (Wildman–Crippen MR) is 37.4 cm³/mol. The number of carbonyl (C=O) groups excluding carboxylic acids is 1. The summed E-state index contributed by atoms with van der Waals surface area (Å²) < 4.78 is 4.27. The Bertz CT molecular complexity index is 129. The zero-order valence-corrected chi connectivity index (χ0v) is 6.09. The molecule has 0 aliphatic rings. The molecule has 0 aromatic carbocycles. The Hall–Kier alpha value is -0.990. The number of ether oxygens (including phenoxy) is 1. The number of unbranched alkanes of at least 4 members (excludes halogenated alkanes) is 1. The molecule has 3 nitrogen and oxygen atoms in total. The quantitative estimate of drug-likeness (QED) is 0.483. The molecule has 0 aromatic rings. The smallest absolute Gasteiger partial charge is 0.313 e. The summed E-state index contributed by atoms with van der Waals surface area (Å²) in [5, 5.41) is 8.38. The molecule has 0 radical (unpaired) electrons. The van der Waals surface area contributed by atoms with Gasteiger partial charge in [-0.2, -0.15) is 0 Å². The maximum atomic E-state index is 10.6. The van der Waals surface area contributed by atoms with E-state index in [0.29, 0.717) is 6.42 Å². The monoisotopic (exact) mass is 144 g/mol. The summed E-state index contributed by atoms with van der Waals surface area (Å²) >= 11 is 0. The molecule has 58 valence electrons. The molecule has 0 aliphatic carbocycles. The third kappa shape index (κ3) is 5.15. The highest BCUT2D eigenvalue weighted by atomic mass is 16.6. The van der Waals surface area contributed by atoms with Gasteiger partial charge in [-0.3, -0.25) is 4.79 Å². The molecule has 0 bridgehead atoms. The van der Waals surface area contributed by atoms with Crippen molar-refractivity contribution in [2.45, 2.75) is 26.2 Å². The zero-order chi connectivity index (χ0) is 7.98. The van der Waals surface area contributed by atoms with Crippen molar-refractivity contribution in [2.24, 2.45) is 0 Å². The van der Waals surface area contributed by atoms with Gasteiger partial charge < -0.3 is 9.84 Å². The van der Waals surface area contributed by atoms with Gasteiger partial charge >= 0.3 is 5.97 Å². The molecule has 0 heterocycles. The van der Waals surface area contributed by atoms with Crippen molar-refractivity contribution < 1.29 is 14.6 Å². The van der Waals surface area contributed by atoms with Gasteiger partial charge in [0.15, 0.2) is 0 Å². The van der Waals surface area contributed by atoms with E-state index in [4.69, 9.17) is 5.11 Å². The minimum Gasteiger partial charge on any atom is -0.481 e. The second-order valence-corrected chi connectivity index (χ2v) is 1.97. The van der Waals surface area contributed by atoms with Crippen molar-refractivity contribution >= 4 is 5.97 Å². The lowest BCUT2D eigenvalue weighted by atomic mass is 10.3. The lowest BCUT2D eigenvalue weighted by Gasteiger charge is -1.98. The van der Waals surface area contributed by atoms with Crippen molar-refractivity contribution in [3.05, 3.63) is 12.5 Å². The van der Waals surface area contributed by atoms with Crippen molar-refractivity contribution in [2.75, 3.05) is 0 Å². The third-order valence-electron chi connectivity index (χ3n) is 0.966. The number of aliphatic hydroxyl groups excluding tert-OH is 1. The summed E-state index contributed by atoms with van der Waals surface area (Å²) in [6.45, 7) is 4.99. The third-order valence-corrected chi connectivity index (χ3v) is 0.966. The highest BCUT2D eigenvalue weighted by Crippen LogP contribution is 1.98. The maximum absolute atomic E-state index is 10.6. The van der Waals surface area contributed by atoms with E-state index in [0.717, 1.165) is 12.8 Å². The van der Waals surface area contributed by atoms with Crippen LogP contribution in [-0.4, -0.2) is 11.1 Å². The van der Waals surface area contributed by atoms with Crippen molar-refractivity contribution in [3.8, 4) is 0 Å². The molecule has 0 fully saturated rings. The maximum Gasteiger partial charge on any atom is 0.313 e. The van der Waals surface area contributed by atoms with Gasteiger partial charge in [-0.1, -0.05) is 13.3 Å². The van der Waals surface area contributed by atoms with Crippen molar-refractivity contribution in [3.63, 3.8) is 0 Å². The first-order chi connectivity index (χ1) is 4.66. The number of hydrogen-bond acceptors (Lipinski definition) is 3. The second kappa shape index (κ2) is 4.85. The molecule has 0 saturated heterocycles. The van der Waals surface area contributed by atoms with Gasteiger partial charge in [-0.15, -0.1) is 0 Å². The number of aliphatic hydroxyl groups is 1. The Morgan fingerprint density at radius 2 is 2.30 bits per heavy atom. The summed E-state index contributed by atoms with van der Waals surface area (Å²) in [4.78, 5) is 10.6. The topological polar surface area (TPSA) is 46.5 Å². The van der Waals surface area contributed by atoms with Gasteiger partial charge in [-0.05, 0) is 13.0 Å². The molecule has 0 spiro atoms. The van der Waals surface area contributed by atoms with Gasteiger partial charge in [-0.25, -0.2) is 0 Å². The Labute approximate surface area is 60.3 Å². The molecule has 0 unspecified atom stereocenters. The molecule has 0 atom stereocenters. The van der Waals surface area contributed by atoms with E-state index < -0.39 is 11.9 Å². The zero-order valence-electron chi connectivity index (χ0n) is 6.09. The van der Waals surface area contributed by atoms with Crippen LogP contribution in [0.3, 0.4) is 0 Å². The number of rotatable bonds is 4. The highest BCUT2D eigenvalue weighted by molar-refractivity contribution is 5.70. The SMILES string of the molecule is C=C(O)OC(=O)CCCC. The fraction of sp³-hybridized carbons (Fsp3) is 0.571. The molecule has 0 aliphatic heterocycles. The Morgan fingerprint density at radius 1 is 1.70 bits per heavy atom. The van der Waals surface area contributed by atoms with E-state index in [1.165, 1.54) is 0 Å². The van der Waals surface area contributed by atoms with Crippen molar-refractivity contribution in [1.29, 1.82) is 0 Å². The predicted octanol–water partition coefficient (Wildman–Crippen LogP) is 1.75. The van der Waals surface area contributed by atoms with E-state index in [9.17, 15) is 4.79 Å². The summed E-state index contributed by atoms with van der Waals surface area (Å²) in [6, 6.07) is 0. The van der Waals surface area contributed by atoms with Crippen LogP contribution in [0.5, 0.6) is 0 Å². The van der Waals surface area contributed by atoms with Crippen LogP contribution in [0.15, 0.2) is 12.5 Å². The van der Waals surface area contributed by atoms with Gasteiger partial charge in [0.05, 0.1) is 0 Å². The van der Waals surface area contributed by atoms with Crippen LogP contribution in [0.1, 0.15) is 26.2 Å². The van der Waals surface area contributed by atoms with E-state index in [1.54, 1.807) is 0 Å². The highest BCUT2D eigenvalue weighted by Gasteiger charge is 2.01. The van der Waals surface area contributed by atoms with Crippen LogP contribution in [0.2, 0.25) is 0 Å². The average Bonchev–Trinajstić information content (AvgIpc) is 1.82. The fourth-order valence-electron chi connectivity index (χ4n) is 0.504. The molecular weight excluding hydrogens is 132 g/mol. The van der Waals surface area contributed by atoms with Crippen LogP contribution >= 0.6 is 0 Å². The molecule has 0 aromatic heterocycles. The summed E-state index contributed by atoms with van der Waals surface area (Å²) in [6.07, 6.45) is 2.06. The van der Waals surface area contributed by atoms with Crippen molar-refractivity contribution in [1.82, 2.24) is 0 Å². The number of carbonyl (C=O) groups is 1. The molecule has 0 saturated carbocycles. The molecule has 0 amide bonds. The van der Waals surface area contributed by atoms with Crippen LogP contribution in [-0.2, 0) is 9.53 Å². The Morgan fingerprint density at radius 3 is 2.70 bits per heavy atom. The summed E-state index contributed by atoms with van der Waals surface area (Å²) in [5.41, 5.74) is 0. The van der Waals surface area contributed by atoms with Crippen LogP contribution in [0.25, 0.3) is 0 Å². The summed E-state index contributed by atoms with van der Waals surface area (Å²) in [7, 11) is 0. The number of esters is 1. The Kier molecular flexibility index (Phi) is 4.37. The molecule has 3 heteroatoms. The first kappa shape index (κ1) is 9.01. The van der Waals surface area contributed by atoms with E-state index in [-0.39, 0.29) is 0 Å². The Balaban J connectivity index is 3.35. The van der Waals surface area contributed by atoms with Gasteiger partial charge in [0.25, 0.3) is 5.95 Å². The average molecular weight is 144 g/mol. The standard InChI is InChI=1S/C7H12O3/c1-3-4-5-7(9)10-6(2)8/h8H,2-5H2,1H3. The van der Waals surface area contributed by atoms with Gasteiger partial charge in [0.2, 0.25) is 0 Å². The first-order valence-corrected chi connectivity index (χ1v) is 3.25. The minimum atomic E-state index is -0.527. The minimum absolute atomic E-state index is 0.343. The van der Waals surface area contributed by atoms with Crippen LogP contribution in [0.4, 0.5) is 0 Å². The molecule has 0 rings (SSSR count). The van der Waals surface area contributed by atoms with Crippen LogP contribution in [0, 0.1) is 0 Å². The van der Waals surface area contributed by atoms with E-state index in [2.05, 4.69) is 11.3 Å². The normalized spacial score (nSPS) is 8.90. The van der Waals surface area contributed by atoms with E-state index in [1.807, 2.05) is 6.92 Å². The lowest BCUT2D eigenvalue weighted by Crippen LogP contribution is -2.02. The first-order valence-electron chi connectivity index (χ1n) is 3.25. The molecular formula is C7H12O3. The molecule has 10 heavy (non-hydrogen) atoms. The second-order valence-electron chi connectivity index (χ2n) is 1.97. The lowest BCUT2D eigenvalue weighted by molar-refractivity contribution is -0.143. The number of hydrogen-bond donors (Lipinski definition) is 1. The summed E-state index contributed by atoms with van der Waals surface area (Å²) in [5.74, 6) is -0.949. The molecule has 1 N–H and O–H groups in total.